The summed E-state index contributed by atoms with van der Waals surface area (Å²) in [5.74, 6) is -1.71. The fraction of sp³-hybridized carbons (Fsp3) is 0.0247. The van der Waals surface area contributed by atoms with Crippen molar-refractivity contribution in [2.24, 2.45) is 0 Å². The lowest BCUT2D eigenvalue weighted by Crippen LogP contribution is -2.30. The fourth-order valence-corrected chi connectivity index (χ4v) is 13.0. The zero-order valence-electron chi connectivity index (χ0n) is 48.3. The highest BCUT2D eigenvalue weighted by atomic mass is 19.1. The summed E-state index contributed by atoms with van der Waals surface area (Å²) in [4.78, 5) is 27.4. The van der Waals surface area contributed by atoms with Gasteiger partial charge in [0.15, 0.2) is 5.69 Å². The number of allylic oxidation sites excluding steroid dienone is 2. The Hall–Kier alpha value is -12.0. The minimum Gasteiger partial charge on any atom is -0.332 e. The van der Waals surface area contributed by atoms with Gasteiger partial charge < -0.3 is 9.47 Å². The molecule has 2 atom stereocenters. The smallest absolute Gasteiger partial charge is 0.197 e. The average molecular weight is 1160 g/mol. The molecular formula is C81H51F2N7. The highest BCUT2D eigenvalue weighted by Gasteiger charge is 2.41. The molecular weight excluding hydrogens is 1110 g/mol. The zero-order valence-corrected chi connectivity index (χ0v) is 48.3. The maximum atomic E-state index is 15.6. The van der Waals surface area contributed by atoms with Crippen LogP contribution in [0.3, 0.4) is 0 Å². The van der Waals surface area contributed by atoms with E-state index in [0.29, 0.717) is 11.3 Å². The Kier molecular flexibility index (Phi) is 13.3. The molecule has 0 saturated heterocycles. The molecule has 1 aliphatic carbocycles. The third kappa shape index (κ3) is 9.70. The monoisotopic (exact) mass is 1160 g/mol. The van der Waals surface area contributed by atoms with Crippen molar-refractivity contribution in [3.63, 3.8) is 0 Å². The van der Waals surface area contributed by atoms with Gasteiger partial charge in [0.1, 0.15) is 11.6 Å². The average Bonchev–Trinajstić information content (AvgIpc) is 1.58. The van der Waals surface area contributed by atoms with Crippen LogP contribution in [0.2, 0.25) is 0 Å². The van der Waals surface area contributed by atoms with Gasteiger partial charge in [-0.2, -0.15) is 0 Å². The summed E-state index contributed by atoms with van der Waals surface area (Å²) in [6.07, 6.45) is 6.72. The Labute approximate surface area is 519 Å². The van der Waals surface area contributed by atoms with Crippen molar-refractivity contribution in [3.05, 3.63) is 332 Å². The second kappa shape index (κ2) is 22.4. The molecule has 2 unspecified atom stereocenters. The third-order valence-electron chi connectivity index (χ3n) is 17.3. The summed E-state index contributed by atoms with van der Waals surface area (Å²) in [5, 5.41) is 1.90. The number of benzene rings is 9. The van der Waals surface area contributed by atoms with Gasteiger partial charge in [0, 0.05) is 67.4 Å². The van der Waals surface area contributed by atoms with Crippen molar-refractivity contribution in [1.82, 2.24) is 24.5 Å². The van der Waals surface area contributed by atoms with Crippen LogP contribution >= 0.6 is 0 Å². The molecule has 0 N–H and O–H groups in total. The number of aromatic nitrogens is 5. The first-order chi connectivity index (χ1) is 44.3. The van der Waals surface area contributed by atoms with Crippen molar-refractivity contribution in [2.75, 3.05) is 4.90 Å². The molecule has 90 heavy (non-hydrogen) atoms. The Morgan fingerprint density at radius 1 is 0.356 bits per heavy atom. The van der Waals surface area contributed by atoms with Gasteiger partial charge >= 0.3 is 0 Å². The van der Waals surface area contributed by atoms with E-state index in [1.807, 2.05) is 133 Å². The highest BCUT2D eigenvalue weighted by Crippen LogP contribution is 2.54. The molecule has 2 aliphatic rings. The van der Waals surface area contributed by atoms with E-state index in [2.05, 4.69) is 160 Å². The van der Waals surface area contributed by atoms with E-state index in [1.54, 1.807) is 0 Å². The second-order valence-electron chi connectivity index (χ2n) is 22.7. The molecule has 0 bridgehead atoms. The van der Waals surface area contributed by atoms with Crippen molar-refractivity contribution >= 4 is 44.4 Å². The van der Waals surface area contributed by atoms with Crippen LogP contribution in [0.25, 0.3) is 128 Å². The number of nitrogens with zero attached hydrogens (tertiary/aromatic N) is 7. The third-order valence-corrected chi connectivity index (χ3v) is 17.3. The quantitative estimate of drug-likeness (QED) is 0.121. The predicted octanol–water partition coefficient (Wildman–Crippen LogP) is 20.8. The molecule has 14 aromatic rings. The Morgan fingerprint density at radius 3 is 1.24 bits per heavy atom. The zero-order chi connectivity index (χ0) is 60.2. The number of fused-ring (bicyclic) bond motifs is 6. The largest absolute Gasteiger partial charge is 0.332 e. The lowest BCUT2D eigenvalue weighted by Gasteiger charge is -2.32. The van der Waals surface area contributed by atoms with Gasteiger partial charge in [-0.3, -0.25) is 0 Å². The summed E-state index contributed by atoms with van der Waals surface area (Å²) >= 11 is 0. The minimum absolute atomic E-state index is 0.229. The number of hydrogen-bond donors (Lipinski definition) is 0. The summed E-state index contributed by atoms with van der Waals surface area (Å²) in [6.45, 7) is 8.86. The van der Waals surface area contributed by atoms with Crippen molar-refractivity contribution in [3.8, 4) is 95.6 Å². The van der Waals surface area contributed by atoms with E-state index in [4.69, 9.17) is 26.5 Å². The number of anilines is 2. The van der Waals surface area contributed by atoms with Gasteiger partial charge in [-0.1, -0.05) is 182 Å². The number of halogens is 2. The molecule has 7 nitrogen and oxygen atoms in total. The Morgan fingerprint density at radius 2 is 0.778 bits per heavy atom. The first-order valence-electron chi connectivity index (χ1n) is 29.9. The van der Waals surface area contributed by atoms with E-state index in [9.17, 15) is 0 Å². The molecule has 9 aromatic carbocycles. The van der Waals surface area contributed by atoms with E-state index in [-0.39, 0.29) is 23.2 Å². The van der Waals surface area contributed by atoms with Gasteiger partial charge in [0.2, 0.25) is 0 Å². The Balaban J connectivity index is 0.933. The normalized spacial score (nSPS) is 14.1. The molecule has 6 heterocycles. The SMILES string of the molecule is [C-]#[N+]c1cc(-n2c3ccc(-c4cccc(-c5ccccc5)n4)cc3c3cc(-c4cccc(-c5ccccc5)n4)ccc32)c(N2c3ccc(-c4cccc(-c5ccccc5)n4)cc3C3C=C(c4cccc(-c5ccccc5)n4)C=CC32)cc1-c1cc(F)cc(F)c1. The van der Waals surface area contributed by atoms with Crippen LogP contribution in [0.1, 0.15) is 17.2 Å². The maximum Gasteiger partial charge on any atom is 0.197 e. The number of rotatable bonds is 11. The number of pyridine rings is 4. The molecule has 5 aromatic heterocycles. The topological polar surface area (TPSA) is 64.1 Å². The minimum atomic E-state index is -0.741. The van der Waals surface area contributed by atoms with Gasteiger partial charge in [-0.25, -0.2) is 33.6 Å². The van der Waals surface area contributed by atoms with Crippen LogP contribution in [-0.4, -0.2) is 30.5 Å². The standard InChI is InChI=1S/C81H51F2N7/c1-84-75-50-81(90-78-40-36-57(73-32-16-28-69(87-73)53-22-10-4-11-23-53)46-65(78)66-47-58(37-41-79(66)90)74-33-17-29-70(88-74)54-24-12-5-13-25-54)80(49-62(75)59-42-60(82)48-61(83)43-59)89-76-38-34-55(71-30-14-26-67(85-71)51-18-6-2-7-19-51)44-63(76)64-45-56(35-39-77(64)89)72-31-15-27-68(86-72)52-20-8-3-9-21-52/h2-50,63,76H. The predicted molar refractivity (Wildman–Crippen MR) is 360 cm³/mol. The molecule has 1 aliphatic heterocycles. The van der Waals surface area contributed by atoms with Gasteiger partial charge in [-0.15, -0.1) is 0 Å². The van der Waals surface area contributed by atoms with E-state index >= 15 is 8.78 Å². The summed E-state index contributed by atoms with van der Waals surface area (Å²) in [7, 11) is 0. The summed E-state index contributed by atoms with van der Waals surface area (Å²) in [6, 6.07) is 91.8. The van der Waals surface area contributed by atoms with Crippen molar-refractivity contribution < 1.29 is 8.78 Å². The first-order valence-corrected chi connectivity index (χ1v) is 29.9. The van der Waals surface area contributed by atoms with Crippen molar-refractivity contribution in [1.29, 1.82) is 0 Å². The lowest BCUT2D eigenvalue weighted by atomic mass is 9.86. The molecule has 424 valence electrons. The molecule has 0 amide bonds. The first kappa shape index (κ1) is 53.5. The molecule has 0 saturated carbocycles. The van der Waals surface area contributed by atoms with Crippen LogP contribution in [0, 0.1) is 18.2 Å². The van der Waals surface area contributed by atoms with Crippen LogP contribution < -0.4 is 4.90 Å². The summed E-state index contributed by atoms with van der Waals surface area (Å²) in [5.41, 5.74) is 20.6. The van der Waals surface area contributed by atoms with E-state index < -0.39 is 11.6 Å². The van der Waals surface area contributed by atoms with Crippen LogP contribution in [0.4, 0.5) is 25.8 Å². The summed E-state index contributed by atoms with van der Waals surface area (Å²) < 4.78 is 33.4. The lowest BCUT2D eigenvalue weighted by molar-refractivity contribution is 0.584. The van der Waals surface area contributed by atoms with Crippen LogP contribution in [-0.2, 0) is 0 Å². The van der Waals surface area contributed by atoms with Crippen LogP contribution in [0.15, 0.2) is 297 Å². The Bertz CT molecular complexity index is 5090. The van der Waals surface area contributed by atoms with Crippen LogP contribution in [0.5, 0.6) is 0 Å². The molecule has 0 radical (unpaired) electrons. The molecule has 0 fully saturated rings. The van der Waals surface area contributed by atoms with E-state index in [0.717, 1.165) is 135 Å². The van der Waals surface area contributed by atoms with Gasteiger partial charge in [0.05, 0.1) is 80.6 Å². The molecule has 16 rings (SSSR count). The molecule has 0 spiro atoms. The fourth-order valence-electron chi connectivity index (χ4n) is 13.0. The van der Waals surface area contributed by atoms with E-state index in [1.165, 1.54) is 12.1 Å². The highest BCUT2D eigenvalue weighted by molar-refractivity contribution is 6.12. The number of hydrogen-bond acceptors (Lipinski definition) is 5. The second-order valence-corrected chi connectivity index (χ2v) is 22.7. The maximum absolute atomic E-state index is 15.6. The van der Waals surface area contributed by atoms with Crippen molar-refractivity contribution in [2.45, 2.75) is 12.0 Å². The molecule has 9 heteroatoms. The van der Waals surface area contributed by atoms with Gasteiger partial charge in [0.25, 0.3) is 0 Å². The van der Waals surface area contributed by atoms with Gasteiger partial charge in [-0.05, 0) is 131 Å².